The molecular formula is C35H45N3O4S. The minimum absolute atomic E-state index is 0.0971. The fourth-order valence-electron chi connectivity index (χ4n) is 5.91. The predicted octanol–water partition coefficient (Wildman–Crippen LogP) is 6.37. The molecule has 230 valence electrons. The lowest BCUT2D eigenvalue weighted by Gasteiger charge is -2.35. The molecule has 1 saturated carbocycles. The summed E-state index contributed by atoms with van der Waals surface area (Å²) < 4.78 is 29.5. The standard InChI is InChI=1S/C35H45N3O4S/c1-6-32(35(40)36-30-13-8-7-9-14-30)37(23-29-12-10-11-26(3)22-29)34(39)24-38(33-20-17-27(4)21-28(33)5)43(41,42)31-18-15-25(2)16-19-31/h10-12,15-22,30,32H,6-9,13-14,23-24H2,1-5H3,(H,36,40)/t32-/m0/s1. The highest BCUT2D eigenvalue weighted by Gasteiger charge is 2.35. The van der Waals surface area contributed by atoms with Crippen LogP contribution in [0.25, 0.3) is 0 Å². The van der Waals surface area contributed by atoms with Crippen molar-refractivity contribution >= 4 is 27.5 Å². The van der Waals surface area contributed by atoms with Crippen molar-refractivity contribution in [3.63, 3.8) is 0 Å². The number of nitrogens with one attached hydrogen (secondary N) is 1. The molecule has 1 aliphatic carbocycles. The third-order valence-corrected chi connectivity index (χ3v) is 10.1. The number of sulfonamides is 1. The third-order valence-electron chi connectivity index (χ3n) is 8.28. The van der Waals surface area contributed by atoms with E-state index in [1.165, 1.54) is 10.7 Å². The van der Waals surface area contributed by atoms with Gasteiger partial charge in [0.2, 0.25) is 11.8 Å². The van der Waals surface area contributed by atoms with E-state index in [1.807, 2.05) is 71.0 Å². The van der Waals surface area contributed by atoms with Gasteiger partial charge in [-0.05, 0) is 76.3 Å². The van der Waals surface area contributed by atoms with Crippen molar-refractivity contribution in [3.8, 4) is 0 Å². The Labute approximate surface area is 257 Å². The average molecular weight is 604 g/mol. The van der Waals surface area contributed by atoms with Gasteiger partial charge in [0.1, 0.15) is 12.6 Å². The molecule has 0 bridgehead atoms. The second kappa shape index (κ2) is 14.2. The Morgan fingerprint density at radius 2 is 1.51 bits per heavy atom. The molecule has 7 nitrogen and oxygen atoms in total. The predicted molar refractivity (Wildman–Crippen MR) is 172 cm³/mol. The summed E-state index contributed by atoms with van der Waals surface area (Å²) in [5.41, 5.74) is 5.05. The highest BCUT2D eigenvalue weighted by atomic mass is 32.2. The van der Waals surface area contributed by atoms with Crippen LogP contribution in [0.2, 0.25) is 0 Å². The van der Waals surface area contributed by atoms with E-state index in [9.17, 15) is 18.0 Å². The van der Waals surface area contributed by atoms with E-state index >= 15 is 0 Å². The SMILES string of the molecule is CC[C@@H](C(=O)NC1CCCCC1)N(Cc1cccc(C)c1)C(=O)CN(c1ccc(C)cc1C)S(=O)(=O)c1ccc(C)cc1. The molecule has 0 saturated heterocycles. The van der Waals surface area contributed by atoms with Gasteiger partial charge < -0.3 is 10.2 Å². The summed E-state index contributed by atoms with van der Waals surface area (Å²) in [5, 5.41) is 3.20. The first-order valence-corrected chi connectivity index (χ1v) is 16.8. The number of carbonyl (C=O) groups excluding carboxylic acids is 2. The first-order valence-electron chi connectivity index (χ1n) is 15.3. The Hall–Kier alpha value is -3.65. The summed E-state index contributed by atoms with van der Waals surface area (Å²) in [4.78, 5) is 29.7. The molecule has 0 spiro atoms. The van der Waals surface area contributed by atoms with Gasteiger partial charge in [-0.3, -0.25) is 13.9 Å². The van der Waals surface area contributed by atoms with Gasteiger partial charge in [-0.25, -0.2) is 8.42 Å². The van der Waals surface area contributed by atoms with Crippen molar-refractivity contribution in [2.24, 2.45) is 0 Å². The molecule has 0 unspecified atom stereocenters. The van der Waals surface area contributed by atoms with E-state index < -0.39 is 28.5 Å². The molecule has 0 aliphatic heterocycles. The molecule has 2 amide bonds. The zero-order chi connectivity index (χ0) is 31.1. The molecule has 4 rings (SSSR count). The number of hydrogen-bond donors (Lipinski definition) is 1. The van der Waals surface area contributed by atoms with Gasteiger partial charge in [-0.2, -0.15) is 0 Å². The van der Waals surface area contributed by atoms with E-state index in [2.05, 4.69) is 5.32 Å². The quantitative estimate of drug-likeness (QED) is 0.276. The van der Waals surface area contributed by atoms with Crippen molar-refractivity contribution in [1.82, 2.24) is 10.2 Å². The molecule has 1 fully saturated rings. The fourth-order valence-corrected chi connectivity index (χ4v) is 7.39. The molecular weight excluding hydrogens is 558 g/mol. The number of rotatable bonds is 11. The second-order valence-electron chi connectivity index (χ2n) is 11.9. The normalized spacial score (nSPS) is 14.6. The molecule has 1 N–H and O–H groups in total. The minimum atomic E-state index is -4.10. The topological polar surface area (TPSA) is 86.8 Å². The second-order valence-corrected chi connectivity index (χ2v) is 13.8. The molecule has 3 aromatic rings. The highest BCUT2D eigenvalue weighted by Crippen LogP contribution is 2.29. The summed E-state index contributed by atoms with van der Waals surface area (Å²) in [6, 6.07) is 19.4. The zero-order valence-electron chi connectivity index (χ0n) is 26.1. The maximum atomic E-state index is 14.4. The maximum Gasteiger partial charge on any atom is 0.264 e. The highest BCUT2D eigenvalue weighted by molar-refractivity contribution is 7.92. The van der Waals surface area contributed by atoms with Crippen LogP contribution in [0.4, 0.5) is 5.69 Å². The van der Waals surface area contributed by atoms with Crippen LogP contribution >= 0.6 is 0 Å². The summed E-state index contributed by atoms with van der Waals surface area (Å²) >= 11 is 0. The van der Waals surface area contributed by atoms with Crippen LogP contribution in [0, 0.1) is 27.7 Å². The first-order chi connectivity index (χ1) is 20.5. The maximum absolute atomic E-state index is 14.4. The van der Waals surface area contributed by atoms with Gasteiger partial charge in [-0.1, -0.05) is 91.4 Å². The van der Waals surface area contributed by atoms with E-state index in [0.717, 1.165) is 53.5 Å². The van der Waals surface area contributed by atoms with Crippen LogP contribution < -0.4 is 9.62 Å². The third kappa shape index (κ3) is 8.05. The van der Waals surface area contributed by atoms with Crippen molar-refractivity contribution in [2.75, 3.05) is 10.8 Å². The number of carbonyl (C=O) groups is 2. The van der Waals surface area contributed by atoms with Gasteiger partial charge in [0, 0.05) is 12.6 Å². The van der Waals surface area contributed by atoms with Gasteiger partial charge in [0.05, 0.1) is 10.6 Å². The molecule has 8 heteroatoms. The Kier molecular flexibility index (Phi) is 10.7. The van der Waals surface area contributed by atoms with E-state index in [-0.39, 0.29) is 23.4 Å². The molecule has 0 radical (unpaired) electrons. The van der Waals surface area contributed by atoms with Crippen molar-refractivity contribution < 1.29 is 18.0 Å². The van der Waals surface area contributed by atoms with Crippen LogP contribution in [0.5, 0.6) is 0 Å². The minimum Gasteiger partial charge on any atom is -0.352 e. The number of aryl methyl sites for hydroxylation is 4. The van der Waals surface area contributed by atoms with E-state index in [4.69, 9.17) is 0 Å². The summed E-state index contributed by atoms with van der Waals surface area (Å²) in [6.45, 7) is 9.34. The molecule has 43 heavy (non-hydrogen) atoms. The number of anilines is 1. The van der Waals surface area contributed by atoms with E-state index in [0.29, 0.717) is 12.1 Å². The Bertz CT molecular complexity index is 1530. The molecule has 3 aromatic carbocycles. The lowest BCUT2D eigenvalue weighted by molar-refractivity contribution is -0.140. The average Bonchev–Trinajstić information content (AvgIpc) is 2.97. The molecule has 1 aliphatic rings. The zero-order valence-corrected chi connectivity index (χ0v) is 26.9. The Balaban J connectivity index is 1.73. The van der Waals surface area contributed by atoms with Gasteiger partial charge >= 0.3 is 0 Å². The summed E-state index contributed by atoms with van der Waals surface area (Å²) in [5.74, 6) is -0.613. The Morgan fingerprint density at radius 3 is 2.14 bits per heavy atom. The lowest BCUT2D eigenvalue weighted by atomic mass is 9.95. The van der Waals surface area contributed by atoms with Crippen LogP contribution in [-0.2, 0) is 26.2 Å². The molecule has 0 heterocycles. The van der Waals surface area contributed by atoms with Gasteiger partial charge in [0.15, 0.2) is 0 Å². The van der Waals surface area contributed by atoms with Crippen molar-refractivity contribution in [3.05, 3.63) is 94.5 Å². The van der Waals surface area contributed by atoms with Crippen LogP contribution in [0.3, 0.4) is 0 Å². The monoisotopic (exact) mass is 603 g/mol. The molecule has 0 aromatic heterocycles. The van der Waals surface area contributed by atoms with Crippen LogP contribution in [-0.4, -0.2) is 43.8 Å². The summed E-state index contributed by atoms with van der Waals surface area (Å²) in [7, 11) is -4.10. The van der Waals surface area contributed by atoms with Gasteiger partial charge in [-0.15, -0.1) is 0 Å². The lowest BCUT2D eigenvalue weighted by Crippen LogP contribution is -2.54. The fraction of sp³-hybridized carbons (Fsp3) is 0.429. The van der Waals surface area contributed by atoms with Crippen molar-refractivity contribution in [1.29, 1.82) is 0 Å². The number of benzene rings is 3. The first kappa shape index (κ1) is 32.3. The van der Waals surface area contributed by atoms with Gasteiger partial charge in [0.25, 0.3) is 10.0 Å². The molecule has 1 atom stereocenters. The summed E-state index contributed by atoms with van der Waals surface area (Å²) in [6.07, 6.45) is 5.60. The smallest absolute Gasteiger partial charge is 0.264 e. The number of amides is 2. The Morgan fingerprint density at radius 1 is 0.860 bits per heavy atom. The van der Waals surface area contributed by atoms with E-state index in [1.54, 1.807) is 35.2 Å². The van der Waals surface area contributed by atoms with Crippen molar-refractivity contribution in [2.45, 2.75) is 96.7 Å². The number of nitrogens with zero attached hydrogens (tertiary/aromatic N) is 2. The number of hydrogen-bond acceptors (Lipinski definition) is 4. The largest absolute Gasteiger partial charge is 0.352 e. The van der Waals surface area contributed by atoms with Crippen LogP contribution in [0.15, 0.2) is 71.6 Å². The van der Waals surface area contributed by atoms with Crippen LogP contribution in [0.1, 0.15) is 73.3 Å².